The van der Waals surface area contributed by atoms with Crippen LogP contribution in [0.2, 0.25) is 0 Å². The minimum atomic E-state index is -0.634. The van der Waals surface area contributed by atoms with Crippen molar-refractivity contribution in [2.75, 3.05) is 7.11 Å². The van der Waals surface area contributed by atoms with E-state index in [4.69, 9.17) is 4.74 Å². The Bertz CT molecular complexity index is 822. The lowest BCUT2D eigenvalue weighted by atomic mass is 9.81. The number of methoxy groups -OCH3 is 1. The molecule has 0 spiro atoms. The second kappa shape index (κ2) is 4.85. The van der Waals surface area contributed by atoms with E-state index in [1.165, 1.54) is 19.2 Å². The summed E-state index contributed by atoms with van der Waals surface area (Å²) < 4.78 is 5.16. The Kier molecular flexibility index (Phi) is 3.11. The smallest absolute Gasteiger partial charge is 0.202 e. The van der Waals surface area contributed by atoms with E-state index in [-0.39, 0.29) is 40.4 Å². The molecule has 0 amide bonds. The van der Waals surface area contributed by atoms with Crippen molar-refractivity contribution in [3.63, 3.8) is 0 Å². The van der Waals surface area contributed by atoms with Crippen molar-refractivity contribution < 1.29 is 29.6 Å². The summed E-state index contributed by atoms with van der Waals surface area (Å²) >= 11 is 0. The molecular weight excluding hydrogens is 288 g/mol. The molecule has 0 heterocycles. The number of phenolic OH excluding ortho intramolecular Hbond substituents is 2. The van der Waals surface area contributed by atoms with Crippen LogP contribution in [-0.4, -0.2) is 34.0 Å². The van der Waals surface area contributed by atoms with Gasteiger partial charge in [0, 0.05) is 11.1 Å². The van der Waals surface area contributed by atoms with Gasteiger partial charge < -0.3 is 20.1 Å². The second-order valence-corrected chi connectivity index (χ2v) is 4.85. The van der Waals surface area contributed by atoms with E-state index in [0.29, 0.717) is 5.56 Å². The molecule has 2 aromatic rings. The fraction of sp³-hybridized carbons (Fsp3) is 0.125. The Labute approximate surface area is 125 Å². The van der Waals surface area contributed by atoms with Crippen molar-refractivity contribution in [2.45, 2.75) is 6.61 Å². The highest BCUT2D eigenvalue weighted by molar-refractivity contribution is 6.31. The number of carbonyl (C=O) groups excluding carboxylic acids is 2. The number of hydrogen-bond acceptors (Lipinski definition) is 6. The Hall–Kier alpha value is -2.86. The highest BCUT2D eigenvalue weighted by Gasteiger charge is 2.37. The van der Waals surface area contributed by atoms with E-state index in [1.54, 1.807) is 0 Å². The number of carbonyl (C=O) groups is 2. The van der Waals surface area contributed by atoms with Crippen molar-refractivity contribution in [1.29, 1.82) is 0 Å². The van der Waals surface area contributed by atoms with Gasteiger partial charge in [0.25, 0.3) is 0 Å². The molecule has 0 saturated heterocycles. The third kappa shape index (κ3) is 1.71. The molecule has 0 aromatic heterocycles. The fourth-order valence-electron chi connectivity index (χ4n) is 2.70. The SMILES string of the molecule is COc1c(CO)ccc2c1C(=O)c1c(O)ccc(O)c1C2=O. The molecule has 0 unspecified atom stereocenters. The number of benzene rings is 2. The van der Waals surface area contributed by atoms with Crippen LogP contribution in [0.3, 0.4) is 0 Å². The fourth-order valence-corrected chi connectivity index (χ4v) is 2.70. The number of aromatic hydroxyl groups is 2. The molecule has 0 saturated carbocycles. The molecule has 0 bridgehead atoms. The largest absolute Gasteiger partial charge is 0.507 e. The molecule has 112 valence electrons. The molecule has 0 aliphatic heterocycles. The van der Waals surface area contributed by atoms with Gasteiger partial charge in [0.15, 0.2) is 5.78 Å². The summed E-state index contributed by atoms with van der Waals surface area (Å²) in [4.78, 5) is 25.2. The maximum absolute atomic E-state index is 12.7. The van der Waals surface area contributed by atoms with Crippen molar-refractivity contribution in [1.82, 2.24) is 0 Å². The first kappa shape index (κ1) is 14.1. The van der Waals surface area contributed by atoms with Gasteiger partial charge in [-0.25, -0.2) is 0 Å². The zero-order valence-electron chi connectivity index (χ0n) is 11.6. The van der Waals surface area contributed by atoms with Crippen LogP contribution in [0.15, 0.2) is 24.3 Å². The highest BCUT2D eigenvalue weighted by Crippen LogP contribution is 2.41. The summed E-state index contributed by atoms with van der Waals surface area (Å²) in [5, 5.41) is 29.1. The van der Waals surface area contributed by atoms with Crippen LogP contribution in [0.25, 0.3) is 0 Å². The average molecular weight is 300 g/mol. The molecule has 2 aromatic carbocycles. The van der Waals surface area contributed by atoms with Crippen LogP contribution in [0, 0.1) is 0 Å². The maximum atomic E-state index is 12.7. The van der Waals surface area contributed by atoms with Crippen molar-refractivity contribution in [2.24, 2.45) is 0 Å². The summed E-state index contributed by atoms with van der Waals surface area (Å²) in [5.74, 6) is -1.90. The summed E-state index contributed by atoms with van der Waals surface area (Å²) in [6.07, 6.45) is 0. The topological polar surface area (TPSA) is 104 Å². The normalized spacial score (nSPS) is 12.8. The molecule has 6 nitrogen and oxygen atoms in total. The predicted molar refractivity (Wildman–Crippen MR) is 75.6 cm³/mol. The van der Waals surface area contributed by atoms with E-state index in [2.05, 4.69) is 0 Å². The summed E-state index contributed by atoms with van der Waals surface area (Å²) in [7, 11) is 1.32. The van der Waals surface area contributed by atoms with Gasteiger partial charge >= 0.3 is 0 Å². The van der Waals surface area contributed by atoms with Gasteiger partial charge in [0.1, 0.15) is 17.2 Å². The van der Waals surface area contributed by atoms with Crippen LogP contribution in [0.1, 0.15) is 37.4 Å². The van der Waals surface area contributed by atoms with Crippen LogP contribution in [0.4, 0.5) is 0 Å². The molecule has 0 atom stereocenters. The minimum Gasteiger partial charge on any atom is -0.507 e. The first-order chi connectivity index (χ1) is 10.5. The van der Waals surface area contributed by atoms with Crippen LogP contribution < -0.4 is 4.74 Å². The summed E-state index contributed by atoms with van der Waals surface area (Å²) in [5.41, 5.74) is -0.0902. The molecular formula is C16H12O6. The highest BCUT2D eigenvalue weighted by atomic mass is 16.5. The molecule has 3 N–H and O–H groups in total. The monoisotopic (exact) mass is 300 g/mol. The second-order valence-electron chi connectivity index (χ2n) is 4.85. The zero-order chi connectivity index (χ0) is 16.0. The number of ketones is 2. The Morgan fingerprint density at radius 3 is 2.05 bits per heavy atom. The van der Waals surface area contributed by atoms with E-state index in [9.17, 15) is 24.9 Å². The van der Waals surface area contributed by atoms with Crippen molar-refractivity contribution in [3.8, 4) is 17.2 Å². The number of fused-ring (bicyclic) bond motifs is 2. The van der Waals surface area contributed by atoms with Crippen LogP contribution in [0.5, 0.6) is 17.2 Å². The summed E-state index contributed by atoms with van der Waals surface area (Å²) in [6.45, 7) is -0.364. The van der Waals surface area contributed by atoms with E-state index < -0.39 is 17.3 Å². The number of phenols is 2. The number of aliphatic hydroxyl groups is 1. The van der Waals surface area contributed by atoms with E-state index in [0.717, 1.165) is 12.1 Å². The average Bonchev–Trinajstić information content (AvgIpc) is 2.53. The van der Waals surface area contributed by atoms with Gasteiger partial charge in [-0.05, 0) is 18.2 Å². The van der Waals surface area contributed by atoms with Gasteiger partial charge in [-0.2, -0.15) is 0 Å². The molecule has 0 radical (unpaired) electrons. The van der Waals surface area contributed by atoms with Crippen molar-refractivity contribution >= 4 is 11.6 Å². The number of ether oxygens (including phenoxy) is 1. The van der Waals surface area contributed by atoms with Gasteiger partial charge in [0.2, 0.25) is 5.78 Å². The lowest BCUT2D eigenvalue weighted by Crippen LogP contribution is -2.22. The summed E-state index contributed by atoms with van der Waals surface area (Å²) in [6, 6.07) is 5.18. The molecule has 6 heteroatoms. The van der Waals surface area contributed by atoms with Crippen LogP contribution >= 0.6 is 0 Å². The Morgan fingerprint density at radius 1 is 0.909 bits per heavy atom. The third-order valence-corrected chi connectivity index (χ3v) is 3.70. The van der Waals surface area contributed by atoms with E-state index >= 15 is 0 Å². The zero-order valence-corrected chi connectivity index (χ0v) is 11.6. The maximum Gasteiger partial charge on any atom is 0.202 e. The number of rotatable bonds is 2. The number of aliphatic hydroxyl groups excluding tert-OH is 1. The molecule has 3 rings (SSSR count). The lowest BCUT2D eigenvalue weighted by molar-refractivity contribution is 0.0971. The molecule has 1 aliphatic carbocycles. The Morgan fingerprint density at radius 2 is 1.50 bits per heavy atom. The van der Waals surface area contributed by atoms with Gasteiger partial charge in [0.05, 0.1) is 30.4 Å². The van der Waals surface area contributed by atoms with Gasteiger partial charge in [-0.1, -0.05) is 6.07 Å². The van der Waals surface area contributed by atoms with Crippen LogP contribution in [-0.2, 0) is 6.61 Å². The van der Waals surface area contributed by atoms with E-state index in [1.807, 2.05) is 0 Å². The molecule has 0 fully saturated rings. The third-order valence-electron chi connectivity index (χ3n) is 3.70. The Balaban J connectivity index is 2.39. The van der Waals surface area contributed by atoms with Crippen molar-refractivity contribution in [3.05, 3.63) is 52.1 Å². The number of hydrogen-bond donors (Lipinski definition) is 3. The van der Waals surface area contributed by atoms with Gasteiger partial charge in [-0.15, -0.1) is 0 Å². The molecule has 1 aliphatic rings. The standard InChI is InChI=1S/C16H12O6/c1-22-16-7(6-17)2-3-8-11(16)15(21)13-10(19)5-4-9(18)12(13)14(8)20/h2-5,17-19H,6H2,1H3. The molecule has 22 heavy (non-hydrogen) atoms. The quantitative estimate of drug-likeness (QED) is 0.618. The van der Waals surface area contributed by atoms with Gasteiger partial charge in [-0.3, -0.25) is 9.59 Å². The first-order valence-corrected chi connectivity index (χ1v) is 6.46. The first-order valence-electron chi connectivity index (χ1n) is 6.46. The predicted octanol–water partition coefficient (Wildman–Crippen LogP) is 1.37. The minimum absolute atomic E-state index is 0.0209. The lowest BCUT2D eigenvalue weighted by Gasteiger charge is -2.22.